The molecule has 0 spiro atoms. The van der Waals surface area contributed by atoms with Crippen molar-refractivity contribution in [2.45, 2.75) is 20.0 Å². The maximum atomic E-state index is 12.6. The fraction of sp³-hybridized carbons (Fsp3) is 0.333. The molecule has 2 heterocycles. The summed E-state index contributed by atoms with van der Waals surface area (Å²) in [7, 11) is 4.37. The van der Waals surface area contributed by atoms with Gasteiger partial charge in [0.2, 0.25) is 0 Å². The summed E-state index contributed by atoms with van der Waals surface area (Å²) in [6.45, 7) is 2.48. The van der Waals surface area contributed by atoms with Crippen LogP contribution in [0.3, 0.4) is 0 Å². The zero-order valence-electron chi connectivity index (χ0n) is 16.0. The molecule has 2 aromatic heterocycles. The molecule has 0 saturated heterocycles. The topological polar surface area (TPSA) is 96.9 Å². The zero-order chi connectivity index (χ0) is 20.3. The van der Waals surface area contributed by atoms with Crippen LogP contribution in [-0.2, 0) is 22.6 Å². The summed E-state index contributed by atoms with van der Waals surface area (Å²) in [6.07, 6.45) is 1.71. The van der Waals surface area contributed by atoms with Gasteiger partial charge < -0.3 is 18.8 Å². The molecule has 9 nitrogen and oxygen atoms in total. The molecule has 0 radical (unpaired) electrons. The van der Waals surface area contributed by atoms with Gasteiger partial charge in [0.25, 0.3) is 5.91 Å². The Balaban J connectivity index is 2.17. The van der Waals surface area contributed by atoms with E-state index in [0.717, 1.165) is 4.70 Å². The Hall–Kier alpha value is -3.14. The van der Waals surface area contributed by atoms with Crippen LogP contribution in [0.5, 0.6) is 11.5 Å². The van der Waals surface area contributed by atoms with E-state index >= 15 is 0 Å². The minimum absolute atomic E-state index is 0.0957. The lowest BCUT2D eigenvalue weighted by atomic mass is 10.3. The molecule has 1 aromatic carbocycles. The Morgan fingerprint density at radius 1 is 1.18 bits per heavy atom. The van der Waals surface area contributed by atoms with Crippen molar-refractivity contribution in [3.63, 3.8) is 0 Å². The van der Waals surface area contributed by atoms with E-state index in [2.05, 4.69) is 10.1 Å². The highest BCUT2D eigenvalue weighted by Gasteiger charge is 2.16. The summed E-state index contributed by atoms with van der Waals surface area (Å²) in [5, 5.41) is 4.18. The van der Waals surface area contributed by atoms with Gasteiger partial charge in [0.15, 0.2) is 22.0 Å². The summed E-state index contributed by atoms with van der Waals surface area (Å²) >= 11 is 1.26. The molecule has 3 aromatic rings. The molecular weight excluding hydrogens is 384 g/mol. The summed E-state index contributed by atoms with van der Waals surface area (Å²) in [5.74, 6) is 0.0990. The molecule has 0 fully saturated rings. The van der Waals surface area contributed by atoms with Crippen LogP contribution in [-0.4, -0.2) is 47.6 Å². The van der Waals surface area contributed by atoms with Gasteiger partial charge in [-0.05, 0) is 13.0 Å². The lowest BCUT2D eigenvalue weighted by Gasteiger charge is -2.08. The van der Waals surface area contributed by atoms with Gasteiger partial charge >= 0.3 is 5.97 Å². The van der Waals surface area contributed by atoms with Gasteiger partial charge in [0.1, 0.15) is 6.54 Å². The van der Waals surface area contributed by atoms with E-state index in [1.54, 1.807) is 40.8 Å². The molecule has 1 amide bonds. The van der Waals surface area contributed by atoms with E-state index in [1.807, 2.05) is 6.92 Å². The normalized spacial score (nSPS) is 11.6. The van der Waals surface area contributed by atoms with Crippen LogP contribution in [0, 0.1) is 0 Å². The van der Waals surface area contributed by atoms with E-state index in [1.165, 1.54) is 25.6 Å². The lowest BCUT2D eigenvalue weighted by Crippen LogP contribution is -2.22. The second-order valence-corrected chi connectivity index (χ2v) is 6.70. The average molecular weight is 404 g/mol. The number of nitrogens with zero attached hydrogens (tertiary/aromatic N) is 4. The number of carbonyl (C=O) groups excluding carboxylic acids is 2. The van der Waals surface area contributed by atoms with Crippen molar-refractivity contribution >= 4 is 33.4 Å². The van der Waals surface area contributed by atoms with Crippen LogP contribution < -0.4 is 14.3 Å². The first-order valence-electron chi connectivity index (χ1n) is 8.45. The smallest absolute Gasteiger partial charge is 0.325 e. The molecule has 10 heteroatoms. The largest absolute Gasteiger partial charge is 0.493 e. The molecule has 148 valence electrons. The third-order valence-corrected chi connectivity index (χ3v) is 5.13. The second kappa shape index (κ2) is 8.26. The minimum atomic E-state index is -0.490. The highest BCUT2D eigenvalue weighted by Crippen LogP contribution is 2.33. The van der Waals surface area contributed by atoms with Crippen LogP contribution in [0.4, 0.5) is 0 Å². The minimum Gasteiger partial charge on any atom is -0.493 e. The molecule has 0 aliphatic heterocycles. The van der Waals surface area contributed by atoms with E-state index in [4.69, 9.17) is 14.2 Å². The maximum absolute atomic E-state index is 12.6. The third-order valence-electron chi connectivity index (χ3n) is 4.08. The van der Waals surface area contributed by atoms with Gasteiger partial charge in [-0.3, -0.25) is 14.3 Å². The van der Waals surface area contributed by atoms with Crippen LogP contribution in [0.1, 0.15) is 17.4 Å². The SMILES string of the molecule is CCn1ccc(C(=O)N=c2sc3cc(OC)c(OC)cc3n2CC(=O)OC)n1. The Morgan fingerprint density at radius 3 is 2.50 bits per heavy atom. The number of methoxy groups -OCH3 is 3. The maximum Gasteiger partial charge on any atom is 0.325 e. The van der Waals surface area contributed by atoms with Gasteiger partial charge in [0, 0.05) is 24.9 Å². The van der Waals surface area contributed by atoms with E-state index in [-0.39, 0.29) is 12.2 Å². The Labute approximate surface area is 164 Å². The van der Waals surface area contributed by atoms with Crippen molar-refractivity contribution in [2.75, 3.05) is 21.3 Å². The highest BCUT2D eigenvalue weighted by atomic mass is 32.1. The summed E-state index contributed by atoms with van der Waals surface area (Å²) in [6, 6.07) is 5.13. The van der Waals surface area contributed by atoms with Crippen LogP contribution in [0.15, 0.2) is 29.4 Å². The summed E-state index contributed by atoms with van der Waals surface area (Å²) in [4.78, 5) is 29.0. The van der Waals surface area contributed by atoms with Crippen molar-refractivity contribution in [2.24, 2.45) is 4.99 Å². The zero-order valence-corrected chi connectivity index (χ0v) is 16.8. The van der Waals surface area contributed by atoms with Crippen molar-refractivity contribution in [1.82, 2.24) is 14.3 Å². The number of rotatable bonds is 6. The summed E-state index contributed by atoms with van der Waals surface area (Å²) in [5.41, 5.74) is 0.915. The first kappa shape index (κ1) is 19.6. The van der Waals surface area contributed by atoms with Crippen LogP contribution in [0.2, 0.25) is 0 Å². The van der Waals surface area contributed by atoms with Gasteiger partial charge in [-0.25, -0.2) is 0 Å². The third kappa shape index (κ3) is 3.77. The highest BCUT2D eigenvalue weighted by molar-refractivity contribution is 7.16. The van der Waals surface area contributed by atoms with Gasteiger partial charge in [0.05, 0.1) is 31.5 Å². The monoisotopic (exact) mass is 404 g/mol. The Kier molecular flexibility index (Phi) is 5.78. The molecule has 0 unspecified atom stereocenters. The predicted octanol–water partition coefficient (Wildman–Crippen LogP) is 1.85. The standard InChI is InChI=1S/C18H20N4O5S/c1-5-21-7-6-11(20-21)17(24)19-18-22(10-16(23)27-4)12-8-13(25-2)14(26-3)9-15(12)28-18/h6-9H,5,10H2,1-4H3. The number of benzene rings is 1. The molecule has 0 aliphatic carbocycles. The fourth-order valence-corrected chi connectivity index (χ4v) is 3.66. The van der Waals surface area contributed by atoms with Crippen molar-refractivity contribution < 1.29 is 23.8 Å². The van der Waals surface area contributed by atoms with Gasteiger partial charge in [-0.15, -0.1) is 0 Å². The summed E-state index contributed by atoms with van der Waals surface area (Å²) < 4.78 is 19.5. The van der Waals surface area contributed by atoms with Crippen LogP contribution in [0.25, 0.3) is 10.2 Å². The first-order chi connectivity index (χ1) is 13.5. The lowest BCUT2D eigenvalue weighted by molar-refractivity contribution is -0.141. The van der Waals surface area contributed by atoms with Gasteiger partial charge in [-0.2, -0.15) is 10.1 Å². The number of aryl methyl sites for hydroxylation is 1. The van der Waals surface area contributed by atoms with E-state index in [0.29, 0.717) is 28.4 Å². The Morgan fingerprint density at radius 2 is 1.89 bits per heavy atom. The first-order valence-corrected chi connectivity index (χ1v) is 9.27. The molecule has 0 bridgehead atoms. The van der Waals surface area contributed by atoms with Gasteiger partial charge in [-0.1, -0.05) is 11.3 Å². The molecule has 0 atom stereocenters. The second-order valence-electron chi connectivity index (χ2n) is 5.70. The van der Waals surface area contributed by atoms with E-state index in [9.17, 15) is 9.59 Å². The molecule has 0 N–H and O–H groups in total. The number of amides is 1. The van der Waals surface area contributed by atoms with Crippen molar-refractivity contribution in [3.05, 3.63) is 34.9 Å². The number of thiazole rings is 1. The molecule has 0 aliphatic rings. The number of esters is 1. The number of fused-ring (bicyclic) bond motifs is 1. The van der Waals surface area contributed by atoms with Crippen LogP contribution >= 0.6 is 11.3 Å². The number of hydrogen-bond acceptors (Lipinski definition) is 7. The number of hydrogen-bond donors (Lipinski definition) is 0. The van der Waals surface area contributed by atoms with E-state index < -0.39 is 11.9 Å². The molecule has 0 saturated carbocycles. The quantitative estimate of drug-likeness (QED) is 0.582. The van der Waals surface area contributed by atoms with Crippen molar-refractivity contribution in [1.29, 1.82) is 0 Å². The van der Waals surface area contributed by atoms with Crippen molar-refractivity contribution in [3.8, 4) is 11.5 Å². The number of aromatic nitrogens is 3. The molecule has 3 rings (SSSR count). The Bertz CT molecular complexity index is 1100. The number of ether oxygens (including phenoxy) is 3. The molecular formula is C18H20N4O5S. The predicted molar refractivity (Wildman–Crippen MR) is 103 cm³/mol. The fourth-order valence-electron chi connectivity index (χ4n) is 2.62. The number of carbonyl (C=O) groups is 2. The molecule has 28 heavy (non-hydrogen) atoms. The average Bonchev–Trinajstić information content (AvgIpc) is 3.31.